The highest BCUT2D eigenvalue weighted by atomic mass is 32.1. The molecule has 20 heavy (non-hydrogen) atoms. The first kappa shape index (κ1) is 14.1. The third-order valence-corrected chi connectivity index (χ3v) is 4.97. The highest BCUT2D eigenvalue weighted by Gasteiger charge is 2.30. The molecule has 1 aliphatic rings. The molecule has 1 fully saturated rings. The summed E-state index contributed by atoms with van der Waals surface area (Å²) in [7, 11) is 0. The summed E-state index contributed by atoms with van der Waals surface area (Å²) >= 11 is 1.83. The van der Waals surface area contributed by atoms with E-state index in [2.05, 4.69) is 48.8 Å². The molecular weight excluding hydrogens is 266 g/mol. The highest BCUT2D eigenvalue weighted by Crippen LogP contribution is 2.40. The molecule has 108 valence electrons. The first-order valence-corrected chi connectivity index (χ1v) is 8.42. The van der Waals surface area contributed by atoms with Crippen LogP contribution in [-0.4, -0.2) is 19.7 Å². The Kier molecular flexibility index (Phi) is 4.39. The van der Waals surface area contributed by atoms with Crippen LogP contribution in [0.25, 0.3) is 10.1 Å². The van der Waals surface area contributed by atoms with Crippen LogP contribution in [0.3, 0.4) is 0 Å². The smallest absolute Gasteiger partial charge is 0.0880 e. The summed E-state index contributed by atoms with van der Waals surface area (Å²) in [6.45, 7) is 7.55. The van der Waals surface area contributed by atoms with Crippen LogP contribution in [0.15, 0.2) is 29.6 Å². The Balaban J connectivity index is 1.74. The minimum atomic E-state index is 0.269. The predicted octanol–water partition coefficient (Wildman–Crippen LogP) is 4.22. The van der Waals surface area contributed by atoms with E-state index >= 15 is 0 Å². The molecule has 1 saturated heterocycles. The van der Waals surface area contributed by atoms with Crippen molar-refractivity contribution < 1.29 is 4.74 Å². The number of thiophene rings is 1. The molecule has 2 nitrogen and oxygen atoms in total. The van der Waals surface area contributed by atoms with Gasteiger partial charge in [-0.3, -0.25) is 0 Å². The van der Waals surface area contributed by atoms with Crippen LogP contribution in [0.1, 0.15) is 31.9 Å². The molecule has 1 N–H and O–H groups in total. The van der Waals surface area contributed by atoms with Crippen molar-refractivity contribution in [1.29, 1.82) is 0 Å². The van der Waals surface area contributed by atoms with E-state index in [1.807, 2.05) is 11.3 Å². The zero-order valence-corrected chi connectivity index (χ0v) is 13.1. The second-order valence-corrected chi connectivity index (χ2v) is 6.99. The summed E-state index contributed by atoms with van der Waals surface area (Å²) in [6, 6.07) is 8.66. The topological polar surface area (TPSA) is 21.3 Å². The monoisotopic (exact) mass is 289 g/mol. The van der Waals surface area contributed by atoms with Gasteiger partial charge in [0.2, 0.25) is 0 Å². The Morgan fingerprint density at radius 1 is 1.35 bits per heavy atom. The van der Waals surface area contributed by atoms with Gasteiger partial charge >= 0.3 is 0 Å². The van der Waals surface area contributed by atoms with Crippen LogP contribution >= 0.6 is 11.3 Å². The third kappa shape index (κ3) is 2.90. The van der Waals surface area contributed by atoms with Crippen molar-refractivity contribution in [2.24, 2.45) is 11.8 Å². The molecule has 0 bridgehead atoms. The van der Waals surface area contributed by atoms with Crippen molar-refractivity contribution in [2.45, 2.75) is 26.4 Å². The van der Waals surface area contributed by atoms with Crippen molar-refractivity contribution in [3.05, 3.63) is 35.2 Å². The van der Waals surface area contributed by atoms with E-state index in [9.17, 15) is 0 Å². The van der Waals surface area contributed by atoms with Gasteiger partial charge in [-0.05, 0) is 41.3 Å². The molecule has 2 unspecified atom stereocenters. The molecule has 0 saturated carbocycles. The molecule has 3 rings (SSSR count). The number of rotatable bonds is 5. The Morgan fingerprint density at radius 3 is 3.05 bits per heavy atom. The van der Waals surface area contributed by atoms with Crippen LogP contribution in [-0.2, 0) is 4.74 Å². The minimum absolute atomic E-state index is 0.269. The Morgan fingerprint density at radius 2 is 2.20 bits per heavy atom. The fourth-order valence-electron chi connectivity index (χ4n) is 2.96. The summed E-state index contributed by atoms with van der Waals surface area (Å²) in [4.78, 5) is 0. The summed E-state index contributed by atoms with van der Waals surface area (Å²) in [6.07, 6.45) is 1.44. The van der Waals surface area contributed by atoms with Gasteiger partial charge in [-0.1, -0.05) is 32.0 Å². The number of hydrogen-bond donors (Lipinski definition) is 1. The second kappa shape index (κ2) is 6.25. The number of ether oxygens (including phenoxy) is 1. The molecular formula is C17H23NOS. The van der Waals surface area contributed by atoms with Gasteiger partial charge in [0.05, 0.1) is 6.10 Å². The summed E-state index contributed by atoms with van der Waals surface area (Å²) < 4.78 is 7.41. The van der Waals surface area contributed by atoms with Crippen molar-refractivity contribution in [1.82, 2.24) is 5.32 Å². The van der Waals surface area contributed by atoms with E-state index in [1.165, 1.54) is 22.1 Å². The van der Waals surface area contributed by atoms with Crippen molar-refractivity contribution in [3.63, 3.8) is 0 Å². The van der Waals surface area contributed by atoms with Gasteiger partial charge in [-0.25, -0.2) is 0 Å². The number of fused-ring (bicyclic) bond motifs is 1. The molecule has 3 heteroatoms. The maximum Gasteiger partial charge on any atom is 0.0880 e. The second-order valence-electron chi connectivity index (χ2n) is 6.08. The van der Waals surface area contributed by atoms with E-state index in [-0.39, 0.29) is 6.10 Å². The standard InChI is InChI=1S/C17H23NOS/c1-12(2)9-18-10-13-7-8-19-17(13)15-11-20-16-6-4-3-5-14(15)16/h3-6,11-13,17-18H,7-10H2,1-2H3. The molecule has 0 aliphatic carbocycles. The van der Waals surface area contributed by atoms with Gasteiger partial charge < -0.3 is 10.1 Å². The molecule has 1 aromatic carbocycles. The molecule has 2 atom stereocenters. The fourth-order valence-corrected chi connectivity index (χ4v) is 3.95. The average Bonchev–Trinajstić information content (AvgIpc) is 3.04. The normalized spacial score (nSPS) is 22.9. The number of nitrogens with one attached hydrogen (secondary N) is 1. The van der Waals surface area contributed by atoms with Gasteiger partial charge in [-0.15, -0.1) is 11.3 Å². The molecule has 2 heterocycles. The van der Waals surface area contributed by atoms with Crippen LogP contribution in [0, 0.1) is 11.8 Å². The summed E-state index contributed by atoms with van der Waals surface area (Å²) in [5, 5.41) is 7.25. The number of benzene rings is 1. The lowest BCUT2D eigenvalue weighted by Gasteiger charge is -2.19. The van der Waals surface area contributed by atoms with E-state index in [4.69, 9.17) is 4.74 Å². The average molecular weight is 289 g/mol. The lowest BCUT2D eigenvalue weighted by atomic mass is 9.95. The Bertz CT molecular complexity index is 563. The molecule has 0 radical (unpaired) electrons. The first-order chi connectivity index (χ1) is 9.75. The van der Waals surface area contributed by atoms with Crippen LogP contribution in [0.4, 0.5) is 0 Å². The largest absolute Gasteiger partial charge is 0.373 e. The van der Waals surface area contributed by atoms with Gasteiger partial charge in [0.1, 0.15) is 0 Å². The van der Waals surface area contributed by atoms with Crippen molar-refractivity contribution >= 4 is 21.4 Å². The summed E-state index contributed by atoms with van der Waals surface area (Å²) in [5.74, 6) is 1.31. The molecule has 1 aliphatic heterocycles. The van der Waals surface area contributed by atoms with Gasteiger partial charge in [0, 0.05) is 23.8 Å². The summed E-state index contributed by atoms with van der Waals surface area (Å²) in [5.41, 5.74) is 1.39. The first-order valence-electron chi connectivity index (χ1n) is 7.54. The van der Waals surface area contributed by atoms with E-state index in [1.54, 1.807) is 0 Å². The fraction of sp³-hybridized carbons (Fsp3) is 0.529. The maximum atomic E-state index is 6.04. The van der Waals surface area contributed by atoms with Crippen LogP contribution in [0.5, 0.6) is 0 Å². The van der Waals surface area contributed by atoms with E-state index in [0.717, 1.165) is 19.7 Å². The van der Waals surface area contributed by atoms with E-state index in [0.29, 0.717) is 11.8 Å². The molecule has 0 spiro atoms. The zero-order valence-electron chi connectivity index (χ0n) is 12.3. The van der Waals surface area contributed by atoms with Gasteiger partial charge in [0.25, 0.3) is 0 Å². The van der Waals surface area contributed by atoms with Crippen LogP contribution in [0.2, 0.25) is 0 Å². The zero-order chi connectivity index (χ0) is 13.9. The lowest BCUT2D eigenvalue weighted by Crippen LogP contribution is -2.27. The van der Waals surface area contributed by atoms with Gasteiger partial charge in [-0.2, -0.15) is 0 Å². The Hall–Kier alpha value is -0.900. The lowest BCUT2D eigenvalue weighted by molar-refractivity contribution is 0.0918. The van der Waals surface area contributed by atoms with E-state index < -0.39 is 0 Å². The van der Waals surface area contributed by atoms with Crippen LogP contribution < -0.4 is 5.32 Å². The highest BCUT2D eigenvalue weighted by molar-refractivity contribution is 7.17. The molecule has 2 aromatic rings. The SMILES string of the molecule is CC(C)CNCC1CCOC1c1csc2ccccc12. The third-order valence-electron chi connectivity index (χ3n) is 3.99. The molecule has 0 amide bonds. The quantitative estimate of drug-likeness (QED) is 0.889. The minimum Gasteiger partial charge on any atom is -0.373 e. The van der Waals surface area contributed by atoms with Crippen molar-refractivity contribution in [3.8, 4) is 0 Å². The molecule has 1 aromatic heterocycles. The maximum absolute atomic E-state index is 6.04. The van der Waals surface area contributed by atoms with Crippen molar-refractivity contribution in [2.75, 3.05) is 19.7 Å². The number of hydrogen-bond acceptors (Lipinski definition) is 3. The predicted molar refractivity (Wildman–Crippen MR) is 86.3 cm³/mol. The Labute approximate surface area is 125 Å². The van der Waals surface area contributed by atoms with Gasteiger partial charge in [0.15, 0.2) is 0 Å².